The fourth-order valence-electron chi connectivity index (χ4n) is 6.39. The molecule has 2 aromatic rings. The van der Waals surface area contributed by atoms with Crippen LogP contribution in [0, 0.1) is 0 Å². The van der Waals surface area contributed by atoms with Gasteiger partial charge in [0.1, 0.15) is 12.4 Å². The van der Waals surface area contributed by atoms with Crippen molar-refractivity contribution in [3.63, 3.8) is 0 Å². The molecule has 0 radical (unpaired) electrons. The van der Waals surface area contributed by atoms with E-state index in [-0.39, 0.29) is 23.9 Å². The molecule has 206 valence electrons. The minimum atomic E-state index is -4.61. The second-order valence-corrected chi connectivity index (χ2v) is 11.4. The Morgan fingerprint density at radius 1 is 1.11 bits per heavy atom. The summed E-state index contributed by atoms with van der Waals surface area (Å²) >= 11 is 6.05. The fourth-order valence-corrected chi connectivity index (χ4v) is 6.72. The van der Waals surface area contributed by atoms with E-state index in [1.165, 1.54) is 6.07 Å². The molecule has 0 saturated carbocycles. The quantitative estimate of drug-likeness (QED) is 0.544. The minimum Gasteiger partial charge on any atom is -0.462 e. The van der Waals surface area contributed by atoms with E-state index in [9.17, 15) is 13.2 Å². The molecule has 38 heavy (non-hydrogen) atoms. The summed E-state index contributed by atoms with van der Waals surface area (Å²) < 4.78 is 48.2. The maximum atomic E-state index is 14.0. The molecule has 0 spiro atoms. The van der Waals surface area contributed by atoms with Gasteiger partial charge in [0.2, 0.25) is 0 Å². The molecular formula is C26H33ClF3N7O. The van der Waals surface area contributed by atoms with Crippen molar-refractivity contribution in [2.75, 3.05) is 55.4 Å². The highest BCUT2D eigenvalue weighted by atomic mass is 35.5. The van der Waals surface area contributed by atoms with Crippen molar-refractivity contribution in [3.8, 4) is 6.01 Å². The van der Waals surface area contributed by atoms with Crippen LogP contribution < -0.4 is 25.6 Å². The number of halogens is 4. The summed E-state index contributed by atoms with van der Waals surface area (Å²) in [6.07, 6.45) is 0.355. The van der Waals surface area contributed by atoms with Crippen LogP contribution in [0.1, 0.15) is 42.5 Å². The lowest BCUT2D eigenvalue weighted by atomic mass is 10.0. The summed E-state index contributed by atoms with van der Waals surface area (Å²) in [6.45, 7) is 3.76. The molecule has 0 amide bonds. The van der Waals surface area contributed by atoms with Gasteiger partial charge in [0.15, 0.2) is 0 Å². The van der Waals surface area contributed by atoms with Gasteiger partial charge in [0.05, 0.1) is 28.5 Å². The summed E-state index contributed by atoms with van der Waals surface area (Å²) in [4.78, 5) is 15.9. The second kappa shape index (κ2) is 9.91. The van der Waals surface area contributed by atoms with Crippen LogP contribution in [0.5, 0.6) is 6.01 Å². The van der Waals surface area contributed by atoms with E-state index in [0.717, 1.165) is 62.8 Å². The molecule has 5 heterocycles. The van der Waals surface area contributed by atoms with Crippen LogP contribution >= 0.6 is 11.6 Å². The second-order valence-electron chi connectivity index (χ2n) is 11.0. The van der Waals surface area contributed by atoms with Crippen LogP contribution in [-0.4, -0.2) is 72.8 Å². The van der Waals surface area contributed by atoms with Gasteiger partial charge in [-0.05, 0) is 57.8 Å². The normalized spacial score (nSPS) is 25.7. The van der Waals surface area contributed by atoms with Crippen LogP contribution in [0.4, 0.5) is 30.4 Å². The van der Waals surface area contributed by atoms with Gasteiger partial charge in [-0.25, -0.2) is 0 Å². The zero-order chi connectivity index (χ0) is 26.6. The third-order valence-corrected chi connectivity index (χ3v) is 8.63. The van der Waals surface area contributed by atoms with Gasteiger partial charge in [0, 0.05) is 49.0 Å². The number of likely N-dealkylation sites (N-methyl/N-ethyl adjacent to an activating group) is 1. The summed E-state index contributed by atoms with van der Waals surface area (Å²) in [5, 5.41) is 3.25. The zero-order valence-corrected chi connectivity index (χ0v) is 22.2. The van der Waals surface area contributed by atoms with Gasteiger partial charge >= 0.3 is 12.2 Å². The molecule has 8 nitrogen and oxygen atoms in total. The van der Waals surface area contributed by atoms with E-state index in [1.54, 1.807) is 4.90 Å². The van der Waals surface area contributed by atoms with Crippen molar-refractivity contribution in [1.29, 1.82) is 0 Å². The minimum absolute atomic E-state index is 0.0245. The SMILES string of the molecule is CN1CCCC1COc1nc2c(c(N3CC4CCC(C3)N4)n1)CCN(c1cc(N)cc(Cl)c1C(F)(F)F)C2. The highest BCUT2D eigenvalue weighted by Crippen LogP contribution is 2.44. The monoisotopic (exact) mass is 551 g/mol. The van der Waals surface area contributed by atoms with Gasteiger partial charge in [-0.2, -0.15) is 23.1 Å². The lowest BCUT2D eigenvalue weighted by molar-refractivity contribution is -0.137. The van der Waals surface area contributed by atoms with Crippen LogP contribution in [0.25, 0.3) is 0 Å². The van der Waals surface area contributed by atoms with E-state index in [4.69, 9.17) is 32.0 Å². The van der Waals surface area contributed by atoms with Gasteiger partial charge in [-0.1, -0.05) is 11.6 Å². The first-order valence-corrected chi connectivity index (χ1v) is 13.7. The Kier molecular flexibility index (Phi) is 6.72. The Morgan fingerprint density at radius 2 is 1.87 bits per heavy atom. The van der Waals surface area contributed by atoms with Crippen molar-refractivity contribution >= 4 is 28.8 Å². The smallest absolute Gasteiger partial charge is 0.419 e. The van der Waals surface area contributed by atoms with Crippen LogP contribution in [0.2, 0.25) is 5.02 Å². The molecule has 0 aliphatic carbocycles. The van der Waals surface area contributed by atoms with Gasteiger partial charge in [-0.3, -0.25) is 0 Å². The van der Waals surface area contributed by atoms with Gasteiger partial charge in [-0.15, -0.1) is 0 Å². The number of benzene rings is 1. The average molecular weight is 552 g/mol. The Labute approximate surface area is 225 Å². The molecule has 3 fully saturated rings. The summed E-state index contributed by atoms with van der Waals surface area (Å²) in [7, 11) is 2.09. The first-order valence-electron chi connectivity index (χ1n) is 13.3. The van der Waals surface area contributed by atoms with Crippen molar-refractivity contribution in [1.82, 2.24) is 20.2 Å². The van der Waals surface area contributed by atoms with E-state index < -0.39 is 16.8 Å². The van der Waals surface area contributed by atoms with Gasteiger partial charge in [0.25, 0.3) is 0 Å². The van der Waals surface area contributed by atoms with E-state index in [2.05, 4.69) is 22.2 Å². The third-order valence-electron chi connectivity index (χ3n) is 8.33. The molecule has 6 rings (SSSR count). The third kappa shape index (κ3) is 4.96. The Hall–Kier alpha value is -2.50. The Bertz CT molecular complexity index is 1200. The fraction of sp³-hybridized carbons (Fsp3) is 0.615. The lowest BCUT2D eigenvalue weighted by Crippen LogP contribution is -2.52. The molecule has 3 saturated heterocycles. The highest BCUT2D eigenvalue weighted by molar-refractivity contribution is 6.32. The predicted octanol–water partition coefficient (Wildman–Crippen LogP) is 3.71. The predicted molar refractivity (Wildman–Crippen MR) is 141 cm³/mol. The van der Waals surface area contributed by atoms with Gasteiger partial charge < -0.3 is 30.5 Å². The van der Waals surface area contributed by atoms with E-state index >= 15 is 0 Å². The van der Waals surface area contributed by atoms with Crippen molar-refractivity contribution < 1.29 is 17.9 Å². The van der Waals surface area contributed by atoms with Crippen LogP contribution in [-0.2, 0) is 19.1 Å². The largest absolute Gasteiger partial charge is 0.462 e. The van der Waals surface area contributed by atoms with Crippen molar-refractivity contribution in [2.45, 2.75) is 63.0 Å². The number of alkyl halides is 3. The number of fused-ring (bicyclic) bond motifs is 3. The van der Waals surface area contributed by atoms with Crippen molar-refractivity contribution in [2.24, 2.45) is 0 Å². The maximum absolute atomic E-state index is 14.0. The molecule has 2 bridgehead atoms. The summed E-state index contributed by atoms with van der Waals surface area (Å²) in [5.74, 6) is 0.851. The number of likely N-dealkylation sites (tertiary alicyclic amines) is 1. The molecule has 1 aromatic heterocycles. The number of aromatic nitrogens is 2. The summed E-state index contributed by atoms with van der Waals surface area (Å²) in [6, 6.07) is 3.92. The molecule has 4 aliphatic heterocycles. The number of rotatable bonds is 5. The molecule has 12 heteroatoms. The Morgan fingerprint density at radius 3 is 2.55 bits per heavy atom. The number of piperazine rings is 1. The number of nitrogens with one attached hydrogen (secondary N) is 1. The van der Waals surface area contributed by atoms with Crippen LogP contribution in [0.15, 0.2) is 12.1 Å². The molecule has 3 N–H and O–H groups in total. The van der Waals surface area contributed by atoms with E-state index in [1.807, 2.05) is 0 Å². The first-order chi connectivity index (χ1) is 18.2. The number of anilines is 3. The topological polar surface area (TPSA) is 82.8 Å². The molecule has 4 aliphatic rings. The van der Waals surface area contributed by atoms with Crippen LogP contribution in [0.3, 0.4) is 0 Å². The number of hydrogen-bond acceptors (Lipinski definition) is 8. The standard InChI is InChI=1S/C26H33ClF3N7O/c1-35-7-2-3-18(35)14-38-25-33-21-13-36(22-10-15(31)9-20(27)23(22)26(28,29)30)8-6-19(21)24(34-25)37-11-16-4-5-17(12-37)32-16/h9-10,16-18,32H,2-8,11-14,31H2,1H3. The zero-order valence-electron chi connectivity index (χ0n) is 21.4. The maximum Gasteiger partial charge on any atom is 0.419 e. The lowest BCUT2D eigenvalue weighted by Gasteiger charge is -2.38. The number of nitrogens with zero attached hydrogens (tertiary/aromatic N) is 5. The highest BCUT2D eigenvalue weighted by Gasteiger charge is 2.40. The number of nitrogens with two attached hydrogens (primary N) is 1. The van der Waals surface area contributed by atoms with E-state index in [0.29, 0.717) is 43.4 Å². The first kappa shape index (κ1) is 25.8. The molecule has 3 atom stereocenters. The van der Waals surface area contributed by atoms with Crippen molar-refractivity contribution in [3.05, 3.63) is 34.0 Å². The molecule has 1 aromatic carbocycles. The molecule has 3 unspecified atom stereocenters. The molecular weight excluding hydrogens is 519 g/mol. The summed E-state index contributed by atoms with van der Waals surface area (Å²) in [5.41, 5.74) is 6.89. The number of ether oxygens (including phenoxy) is 1. The number of hydrogen-bond donors (Lipinski definition) is 2. The average Bonchev–Trinajstić information content (AvgIpc) is 3.43. The number of nitrogen functional groups attached to an aromatic ring is 1. The Balaban J connectivity index is 1.34.